The van der Waals surface area contributed by atoms with Crippen LogP contribution >= 0.6 is 0 Å². The molecule has 100 valence electrons. The summed E-state index contributed by atoms with van der Waals surface area (Å²) in [7, 11) is -2.10. The van der Waals surface area contributed by atoms with Crippen LogP contribution in [0.5, 0.6) is 0 Å². The van der Waals surface area contributed by atoms with Gasteiger partial charge in [-0.1, -0.05) is 6.92 Å². The number of halogens is 1. The topological polar surface area (TPSA) is 63.4 Å². The highest BCUT2D eigenvalue weighted by Crippen LogP contribution is 2.38. The van der Waals surface area contributed by atoms with Gasteiger partial charge in [-0.15, -0.1) is 0 Å². The molecule has 2 N–H and O–H groups in total. The SMILES string of the molecule is CC1CC1CN(C)S(=O)(=O)c1ccc(N)c(F)c1. The molecule has 1 aliphatic rings. The van der Waals surface area contributed by atoms with E-state index in [-0.39, 0.29) is 10.6 Å². The molecule has 0 heterocycles. The van der Waals surface area contributed by atoms with Gasteiger partial charge in [-0.3, -0.25) is 0 Å². The maximum atomic E-state index is 13.3. The first-order valence-corrected chi connectivity index (χ1v) is 7.27. The van der Waals surface area contributed by atoms with Crippen molar-refractivity contribution < 1.29 is 12.8 Å². The van der Waals surface area contributed by atoms with E-state index in [9.17, 15) is 12.8 Å². The van der Waals surface area contributed by atoms with Gasteiger partial charge in [0.2, 0.25) is 10.0 Å². The minimum Gasteiger partial charge on any atom is -0.396 e. The monoisotopic (exact) mass is 272 g/mol. The zero-order valence-corrected chi connectivity index (χ0v) is 11.2. The number of anilines is 1. The summed E-state index contributed by atoms with van der Waals surface area (Å²) < 4.78 is 39.0. The first-order valence-electron chi connectivity index (χ1n) is 5.83. The molecule has 2 atom stereocenters. The third-order valence-corrected chi connectivity index (χ3v) is 5.27. The largest absolute Gasteiger partial charge is 0.396 e. The number of nitrogen functional groups attached to an aromatic ring is 1. The summed E-state index contributed by atoms with van der Waals surface area (Å²) in [6.45, 7) is 2.57. The molecule has 1 aromatic rings. The van der Waals surface area contributed by atoms with Gasteiger partial charge in [0, 0.05) is 13.6 Å². The van der Waals surface area contributed by atoms with Gasteiger partial charge in [-0.2, -0.15) is 0 Å². The van der Waals surface area contributed by atoms with Crippen LogP contribution in [0.3, 0.4) is 0 Å². The molecule has 1 fully saturated rings. The number of hydrogen-bond donors (Lipinski definition) is 1. The number of benzene rings is 1. The van der Waals surface area contributed by atoms with Crippen molar-refractivity contribution in [3.8, 4) is 0 Å². The Hall–Kier alpha value is -1.14. The lowest BCUT2D eigenvalue weighted by Gasteiger charge is -2.17. The van der Waals surface area contributed by atoms with Crippen LogP contribution in [0, 0.1) is 17.7 Å². The Morgan fingerprint density at radius 3 is 2.61 bits per heavy atom. The summed E-state index contributed by atoms with van der Waals surface area (Å²) in [4.78, 5) is -0.0509. The molecule has 2 rings (SSSR count). The summed E-state index contributed by atoms with van der Waals surface area (Å²) >= 11 is 0. The maximum absolute atomic E-state index is 13.3. The Morgan fingerprint density at radius 1 is 1.50 bits per heavy atom. The molecular formula is C12H17FN2O2S. The smallest absolute Gasteiger partial charge is 0.242 e. The van der Waals surface area contributed by atoms with E-state index in [1.807, 2.05) is 0 Å². The molecule has 0 amide bonds. The van der Waals surface area contributed by atoms with Gasteiger partial charge in [0.25, 0.3) is 0 Å². The first kappa shape index (κ1) is 13.3. The fourth-order valence-corrected chi connectivity index (χ4v) is 3.17. The molecule has 0 aromatic heterocycles. The van der Waals surface area contributed by atoms with Crippen molar-refractivity contribution in [2.45, 2.75) is 18.2 Å². The van der Waals surface area contributed by atoms with Gasteiger partial charge < -0.3 is 5.73 Å². The van der Waals surface area contributed by atoms with E-state index in [0.717, 1.165) is 12.5 Å². The van der Waals surface area contributed by atoms with E-state index >= 15 is 0 Å². The number of nitrogens with zero attached hydrogens (tertiary/aromatic N) is 1. The second kappa shape index (κ2) is 4.51. The van der Waals surface area contributed by atoms with Crippen LogP contribution in [0.1, 0.15) is 13.3 Å². The van der Waals surface area contributed by atoms with Crippen molar-refractivity contribution in [1.29, 1.82) is 0 Å². The average molecular weight is 272 g/mol. The average Bonchev–Trinajstić information content (AvgIpc) is 2.98. The lowest BCUT2D eigenvalue weighted by molar-refractivity contribution is 0.444. The maximum Gasteiger partial charge on any atom is 0.242 e. The molecular weight excluding hydrogens is 255 g/mol. The molecule has 0 bridgehead atoms. The van der Waals surface area contributed by atoms with Crippen LogP contribution in [0.2, 0.25) is 0 Å². The highest BCUT2D eigenvalue weighted by molar-refractivity contribution is 7.89. The van der Waals surface area contributed by atoms with Crippen LogP contribution in [-0.4, -0.2) is 26.3 Å². The van der Waals surface area contributed by atoms with Crippen molar-refractivity contribution in [2.24, 2.45) is 11.8 Å². The van der Waals surface area contributed by atoms with Crippen molar-refractivity contribution in [3.63, 3.8) is 0 Å². The van der Waals surface area contributed by atoms with E-state index in [4.69, 9.17) is 5.73 Å². The predicted molar refractivity (Wildman–Crippen MR) is 67.9 cm³/mol. The quantitative estimate of drug-likeness (QED) is 0.848. The highest BCUT2D eigenvalue weighted by atomic mass is 32.2. The Kier molecular flexibility index (Phi) is 3.33. The van der Waals surface area contributed by atoms with Gasteiger partial charge >= 0.3 is 0 Å². The molecule has 1 saturated carbocycles. The van der Waals surface area contributed by atoms with E-state index in [1.54, 1.807) is 0 Å². The van der Waals surface area contributed by atoms with Gasteiger partial charge in [0.05, 0.1) is 10.6 Å². The Bertz CT molecular complexity index is 559. The minimum absolute atomic E-state index is 0.0487. The zero-order valence-electron chi connectivity index (χ0n) is 10.4. The Balaban J connectivity index is 2.21. The number of nitrogens with two attached hydrogens (primary N) is 1. The predicted octanol–water partition coefficient (Wildman–Crippen LogP) is 1.68. The molecule has 0 saturated heterocycles. The van der Waals surface area contributed by atoms with Crippen LogP contribution in [0.15, 0.2) is 23.1 Å². The molecule has 2 unspecified atom stereocenters. The Morgan fingerprint density at radius 2 is 2.11 bits per heavy atom. The number of hydrogen-bond acceptors (Lipinski definition) is 3. The Labute approximate surface area is 107 Å². The molecule has 0 aliphatic heterocycles. The molecule has 1 aliphatic carbocycles. The molecule has 0 radical (unpaired) electrons. The van der Waals surface area contributed by atoms with Crippen molar-refractivity contribution in [3.05, 3.63) is 24.0 Å². The fraction of sp³-hybridized carbons (Fsp3) is 0.500. The zero-order chi connectivity index (χ0) is 13.5. The molecule has 18 heavy (non-hydrogen) atoms. The van der Waals surface area contributed by atoms with Gasteiger partial charge in [0.15, 0.2) is 0 Å². The van der Waals surface area contributed by atoms with E-state index in [0.29, 0.717) is 18.4 Å². The van der Waals surface area contributed by atoms with Crippen LogP contribution in [0.25, 0.3) is 0 Å². The third kappa shape index (κ3) is 2.49. The second-order valence-electron chi connectivity index (χ2n) is 4.94. The molecule has 0 spiro atoms. The first-order chi connectivity index (χ1) is 8.32. The minimum atomic E-state index is -3.62. The lowest BCUT2D eigenvalue weighted by Crippen LogP contribution is -2.29. The third-order valence-electron chi connectivity index (χ3n) is 3.45. The van der Waals surface area contributed by atoms with Crippen molar-refractivity contribution in [2.75, 3.05) is 19.3 Å². The highest BCUT2D eigenvalue weighted by Gasteiger charge is 2.36. The fourth-order valence-electron chi connectivity index (χ4n) is 1.93. The molecule has 4 nitrogen and oxygen atoms in total. The van der Waals surface area contributed by atoms with Gasteiger partial charge in [0.1, 0.15) is 5.82 Å². The summed E-state index contributed by atoms with van der Waals surface area (Å²) in [6, 6.07) is 3.58. The van der Waals surface area contributed by atoms with Crippen molar-refractivity contribution >= 4 is 15.7 Å². The summed E-state index contributed by atoms with van der Waals surface area (Å²) in [5.74, 6) is 0.290. The van der Waals surface area contributed by atoms with E-state index in [2.05, 4.69) is 6.92 Å². The summed E-state index contributed by atoms with van der Waals surface area (Å²) in [5, 5.41) is 0. The summed E-state index contributed by atoms with van der Waals surface area (Å²) in [6.07, 6.45) is 1.05. The van der Waals surface area contributed by atoms with E-state index < -0.39 is 15.8 Å². The summed E-state index contributed by atoms with van der Waals surface area (Å²) in [5.41, 5.74) is 5.28. The standard InChI is InChI=1S/C12H17FN2O2S/c1-8-5-9(8)7-15(2)18(16,17)10-3-4-12(14)11(13)6-10/h3-4,6,8-9H,5,7,14H2,1-2H3. The normalized spacial score (nSPS) is 23.3. The number of sulfonamides is 1. The lowest BCUT2D eigenvalue weighted by atomic mass is 10.3. The van der Waals surface area contributed by atoms with E-state index in [1.165, 1.54) is 23.5 Å². The second-order valence-corrected chi connectivity index (χ2v) is 6.99. The molecule has 6 heteroatoms. The van der Waals surface area contributed by atoms with Gasteiger partial charge in [-0.25, -0.2) is 17.1 Å². The van der Waals surface area contributed by atoms with Crippen LogP contribution in [0.4, 0.5) is 10.1 Å². The number of rotatable bonds is 4. The van der Waals surface area contributed by atoms with Gasteiger partial charge in [-0.05, 0) is 36.5 Å². The van der Waals surface area contributed by atoms with Crippen molar-refractivity contribution in [1.82, 2.24) is 4.31 Å². The molecule has 1 aromatic carbocycles. The van der Waals surface area contributed by atoms with Crippen LogP contribution in [-0.2, 0) is 10.0 Å². The van der Waals surface area contributed by atoms with Crippen LogP contribution < -0.4 is 5.73 Å².